The monoisotopic (exact) mass is 535 g/mol. The van der Waals surface area contributed by atoms with Crippen molar-refractivity contribution >= 4 is 34.2 Å². The molecule has 0 bridgehead atoms. The van der Waals surface area contributed by atoms with E-state index in [-0.39, 0.29) is 22.3 Å². The van der Waals surface area contributed by atoms with E-state index in [4.69, 9.17) is 25.5 Å². The van der Waals surface area contributed by atoms with E-state index in [9.17, 15) is 14.0 Å². The molecule has 0 saturated carbocycles. The number of nitrogens with zero attached hydrogens (tertiary/aromatic N) is 1. The summed E-state index contributed by atoms with van der Waals surface area (Å²) in [6.07, 6.45) is 3.05. The number of anilines is 1. The van der Waals surface area contributed by atoms with Gasteiger partial charge in [0.2, 0.25) is 5.76 Å². The molecule has 0 N–H and O–H groups in total. The fourth-order valence-electron chi connectivity index (χ4n) is 4.77. The van der Waals surface area contributed by atoms with Gasteiger partial charge in [0, 0.05) is 10.7 Å². The van der Waals surface area contributed by atoms with Crippen LogP contribution in [-0.2, 0) is 0 Å². The van der Waals surface area contributed by atoms with Crippen LogP contribution in [0.3, 0.4) is 0 Å². The van der Waals surface area contributed by atoms with Gasteiger partial charge in [-0.15, -0.1) is 0 Å². The van der Waals surface area contributed by atoms with Crippen molar-refractivity contribution < 1.29 is 23.1 Å². The van der Waals surface area contributed by atoms with Crippen molar-refractivity contribution in [3.8, 4) is 11.5 Å². The number of halogens is 2. The second-order valence-electron chi connectivity index (χ2n) is 9.29. The van der Waals surface area contributed by atoms with Crippen molar-refractivity contribution in [1.82, 2.24) is 0 Å². The molecule has 0 radical (unpaired) electrons. The van der Waals surface area contributed by atoms with Gasteiger partial charge in [-0.2, -0.15) is 0 Å². The van der Waals surface area contributed by atoms with Crippen LogP contribution in [0.15, 0.2) is 63.8 Å². The highest BCUT2D eigenvalue weighted by atomic mass is 35.5. The zero-order chi connectivity index (χ0) is 27.0. The average Bonchev–Trinajstić information content (AvgIpc) is 3.21. The lowest BCUT2D eigenvalue weighted by molar-refractivity contribution is 0.0971. The SMILES string of the molecule is CCCCCOc1ccc(C2c3c(oc4ccc(F)cc4c3=O)C(=O)N2c2ccc(C)c(Cl)c2)cc1OC. The second kappa shape index (κ2) is 10.5. The Kier molecular flexibility index (Phi) is 7.13. The molecule has 1 atom stereocenters. The lowest BCUT2D eigenvalue weighted by atomic mass is 9.97. The molecule has 0 saturated heterocycles. The van der Waals surface area contributed by atoms with E-state index >= 15 is 0 Å². The number of carbonyl (C=O) groups excluding carboxylic acids is 1. The number of aryl methyl sites for hydroxylation is 1. The number of ether oxygens (including phenoxy) is 2. The molecule has 0 fully saturated rings. The maximum atomic E-state index is 14.1. The molecule has 1 aliphatic rings. The Morgan fingerprint density at radius 1 is 1.03 bits per heavy atom. The van der Waals surface area contributed by atoms with Gasteiger partial charge >= 0.3 is 0 Å². The van der Waals surface area contributed by atoms with E-state index in [2.05, 4.69) is 6.92 Å². The highest BCUT2D eigenvalue weighted by Crippen LogP contribution is 2.44. The molecular weight excluding hydrogens is 509 g/mol. The van der Waals surface area contributed by atoms with Crippen molar-refractivity contribution in [3.63, 3.8) is 0 Å². The summed E-state index contributed by atoms with van der Waals surface area (Å²) in [7, 11) is 1.54. The molecule has 38 heavy (non-hydrogen) atoms. The molecule has 1 aromatic heterocycles. The molecule has 8 heteroatoms. The minimum Gasteiger partial charge on any atom is -0.493 e. The summed E-state index contributed by atoms with van der Waals surface area (Å²) in [5.41, 5.74) is 1.74. The van der Waals surface area contributed by atoms with Gasteiger partial charge in [-0.25, -0.2) is 4.39 Å². The molecule has 3 aromatic carbocycles. The zero-order valence-corrected chi connectivity index (χ0v) is 22.1. The number of methoxy groups -OCH3 is 1. The normalized spacial score (nSPS) is 14.7. The van der Waals surface area contributed by atoms with Gasteiger partial charge in [0.25, 0.3) is 5.91 Å². The Balaban J connectivity index is 1.69. The first-order valence-electron chi connectivity index (χ1n) is 12.5. The van der Waals surface area contributed by atoms with Crippen molar-refractivity contribution in [2.45, 2.75) is 39.2 Å². The van der Waals surface area contributed by atoms with Gasteiger partial charge in [-0.05, 0) is 66.9 Å². The summed E-state index contributed by atoms with van der Waals surface area (Å²) in [4.78, 5) is 29.0. The van der Waals surface area contributed by atoms with Crippen LogP contribution in [0.2, 0.25) is 5.02 Å². The molecule has 0 spiro atoms. The Labute approximate surface area is 224 Å². The topological polar surface area (TPSA) is 69.0 Å². The van der Waals surface area contributed by atoms with Gasteiger partial charge in [0.1, 0.15) is 11.4 Å². The smallest absolute Gasteiger partial charge is 0.295 e. The summed E-state index contributed by atoms with van der Waals surface area (Å²) >= 11 is 6.42. The zero-order valence-electron chi connectivity index (χ0n) is 21.3. The summed E-state index contributed by atoms with van der Waals surface area (Å²) in [6.45, 7) is 4.53. The van der Waals surface area contributed by atoms with E-state index < -0.39 is 23.2 Å². The maximum absolute atomic E-state index is 14.1. The van der Waals surface area contributed by atoms with Crippen molar-refractivity contribution in [2.75, 3.05) is 18.6 Å². The molecule has 1 aliphatic heterocycles. The molecular formula is C30H27ClFNO5. The van der Waals surface area contributed by atoms with Crippen molar-refractivity contribution in [3.05, 3.63) is 98.1 Å². The molecule has 6 nitrogen and oxygen atoms in total. The number of hydrogen-bond donors (Lipinski definition) is 0. The number of rotatable bonds is 8. The van der Waals surface area contributed by atoms with Crippen LogP contribution >= 0.6 is 11.6 Å². The van der Waals surface area contributed by atoms with Gasteiger partial charge in [-0.1, -0.05) is 43.5 Å². The summed E-state index contributed by atoms with van der Waals surface area (Å²) in [5, 5.41) is 0.540. The van der Waals surface area contributed by atoms with Crippen LogP contribution in [0.4, 0.5) is 10.1 Å². The maximum Gasteiger partial charge on any atom is 0.295 e. The number of benzene rings is 3. The quantitative estimate of drug-likeness (QED) is 0.223. The predicted molar refractivity (Wildman–Crippen MR) is 145 cm³/mol. The number of unbranched alkanes of at least 4 members (excludes halogenated alkanes) is 2. The van der Waals surface area contributed by atoms with Crippen LogP contribution in [-0.4, -0.2) is 19.6 Å². The predicted octanol–water partition coefficient (Wildman–Crippen LogP) is 7.22. The second-order valence-corrected chi connectivity index (χ2v) is 9.70. The van der Waals surface area contributed by atoms with E-state index in [0.29, 0.717) is 34.4 Å². The summed E-state index contributed by atoms with van der Waals surface area (Å²) < 4.78 is 31.5. The third-order valence-electron chi connectivity index (χ3n) is 6.77. The van der Waals surface area contributed by atoms with Gasteiger partial charge in [0.05, 0.1) is 30.7 Å². The fraction of sp³-hybridized carbons (Fsp3) is 0.267. The highest BCUT2D eigenvalue weighted by molar-refractivity contribution is 6.31. The summed E-state index contributed by atoms with van der Waals surface area (Å²) in [6, 6.07) is 13.4. The lowest BCUT2D eigenvalue weighted by Gasteiger charge is -2.26. The number of fused-ring (bicyclic) bond motifs is 2. The van der Waals surface area contributed by atoms with Crippen molar-refractivity contribution in [1.29, 1.82) is 0 Å². The molecule has 2 heterocycles. The molecule has 1 unspecified atom stereocenters. The van der Waals surface area contributed by atoms with Crippen molar-refractivity contribution in [2.24, 2.45) is 0 Å². The van der Waals surface area contributed by atoms with Gasteiger partial charge in [-0.3, -0.25) is 14.5 Å². The Morgan fingerprint density at radius 3 is 2.58 bits per heavy atom. The average molecular weight is 536 g/mol. The largest absolute Gasteiger partial charge is 0.493 e. The first kappa shape index (κ1) is 25.8. The van der Waals surface area contributed by atoms with E-state index in [1.807, 2.05) is 6.92 Å². The molecule has 4 aromatic rings. The number of carbonyl (C=O) groups is 1. The number of hydrogen-bond acceptors (Lipinski definition) is 5. The third-order valence-corrected chi connectivity index (χ3v) is 7.18. The Morgan fingerprint density at radius 2 is 1.84 bits per heavy atom. The van der Waals surface area contributed by atoms with Gasteiger partial charge in [0.15, 0.2) is 16.9 Å². The highest BCUT2D eigenvalue weighted by Gasteiger charge is 2.44. The van der Waals surface area contributed by atoms with E-state index in [1.54, 1.807) is 36.4 Å². The summed E-state index contributed by atoms with van der Waals surface area (Å²) in [5.74, 6) is -0.117. The number of amides is 1. The van der Waals surface area contributed by atoms with Crippen LogP contribution in [0.1, 0.15) is 59.5 Å². The third kappa shape index (κ3) is 4.52. The Hall–Kier alpha value is -3.84. The first-order valence-corrected chi connectivity index (χ1v) is 12.9. The molecule has 0 aliphatic carbocycles. The van der Waals surface area contributed by atoms with Crippen LogP contribution < -0.4 is 19.8 Å². The van der Waals surface area contributed by atoms with Gasteiger partial charge < -0.3 is 13.9 Å². The van der Waals surface area contributed by atoms with E-state index in [0.717, 1.165) is 30.9 Å². The standard InChI is InChI=1S/C30H27ClFNO5/c1-4-5-6-13-37-24-11-8-18(14-25(24)36-3)27-26-28(34)21-15-19(32)9-12-23(21)38-29(26)30(35)33(27)20-10-7-17(2)22(31)16-20/h7-12,14-16,27H,4-6,13H2,1-3H3. The van der Waals surface area contributed by atoms with Crippen LogP contribution in [0, 0.1) is 12.7 Å². The van der Waals surface area contributed by atoms with E-state index in [1.165, 1.54) is 24.1 Å². The molecule has 5 rings (SSSR count). The van der Waals surface area contributed by atoms with Crippen LogP contribution in [0.5, 0.6) is 11.5 Å². The fourth-order valence-corrected chi connectivity index (χ4v) is 4.94. The molecule has 1 amide bonds. The first-order chi connectivity index (χ1) is 18.3. The Bertz CT molecular complexity index is 1600. The van der Waals surface area contributed by atoms with Crippen LogP contribution in [0.25, 0.3) is 11.0 Å². The minimum absolute atomic E-state index is 0.0631. The minimum atomic E-state index is -0.858. The lowest BCUT2D eigenvalue weighted by Crippen LogP contribution is -2.29. The molecule has 196 valence electrons.